The number of hydrogen-bond donors (Lipinski definition) is 2. The van der Waals surface area contributed by atoms with E-state index in [4.69, 9.17) is 4.42 Å². The van der Waals surface area contributed by atoms with E-state index >= 15 is 0 Å². The minimum Gasteiger partial charge on any atom is -0.472 e. The molecule has 3 rings (SSSR count). The van der Waals surface area contributed by atoms with Crippen molar-refractivity contribution in [2.45, 2.75) is 57.5 Å². The van der Waals surface area contributed by atoms with E-state index in [0.29, 0.717) is 44.0 Å². The van der Waals surface area contributed by atoms with Crippen molar-refractivity contribution >= 4 is 11.8 Å². The average Bonchev–Trinajstić information content (AvgIpc) is 3.20. The van der Waals surface area contributed by atoms with Crippen LogP contribution in [0, 0.1) is 11.8 Å². The third-order valence-corrected chi connectivity index (χ3v) is 5.84. The molecule has 0 bridgehead atoms. The Morgan fingerprint density at radius 1 is 1.19 bits per heavy atom. The summed E-state index contributed by atoms with van der Waals surface area (Å²) in [5.74, 6) is 0.467. The van der Waals surface area contributed by atoms with Crippen LogP contribution >= 0.6 is 0 Å². The summed E-state index contributed by atoms with van der Waals surface area (Å²) >= 11 is 0. The van der Waals surface area contributed by atoms with Crippen LogP contribution in [0.15, 0.2) is 23.0 Å². The molecule has 2 aliphatic rings. The van der Waals surface area contributed by atoms with Crippen LogP contribution in [0.1, 0.15) is 61.7 Å². The van der Waals surface area contributed by atoms with Crippen molar-refractivity contribution in [3.63, 3.8) is 0 Å². The van der Waals surface area contributed by atoms with Gasteiger partial charge in [-0.05, 0) is 50.5 Å². The molecular formula is C20H30N2O4. The maximum absolute atomic E-state index is 12.3. The van der Waals surface area contributed by atoms with E-state index in [9.17, 15) is 14.7 Å². The van der Waals surface area contributed by atoms with E-state index in [0.717, 1.165) is 32.1 Å². The Hall–Kier alpha value is -1.82. The highest BCUT2D eigenvalue weighted by atomic mass is 16.3. The first-order valence-corrected chi connectivity index (χ1v) is 9.92. The number of rotatable bonds is 6. The number of amides is 2. The van der Waals surface area contributed by atoms with Crippen molar-refractivity contribution in [2.24, 2.45) is 11.8 Å². The zero-order valence-corrected chi connectivity index (χ0v) is 15.4. The van der Waals surface area contributed by atoms with Gasteiger partial charge in [0.15, 0.2) is 0 Å². The predicted molar refractivity (Wildman–Crippen MR) is 97.5 cm³/mol. The Balaban J connectivity index is 1.33. The molecule has 26 heavy (non-hydrogen) atoms. The van der Waals surface area contributed by atoms with Gasteiger partial charge in [-0.3, -0.25) is 9.59 Å². The number of carbonyl (C=O) groups excluding carboxylic acids is 2. The van der Waals surface area contributed by atoms with Crippen molar-refractivity contribution < 1.29 is 19.1 Å². The molecule has 2 atom stereocenters. The Morgan fingerprint density at radius 3 is 2.65 bits per heavy atom. The molecule has 2 heterocycles. The summed E-state index contributed by atoms with van der Waals surface area (Å²) in [4.78, 5) is 26.4. The minimum atomic E-state index is -0.156. The quantitative estimate of drug-likeness (QED) is 0.762. The first kappa shape index (κ1) is 19.0. The van der Waals surface area contributed by atoms with Crippen molar-refractivity contribution in [3.8, 4) is 0 Å². The van der Waals surface area contributed by atoms with Gasteiger partial charge in [-0.1, -0.05) is 12.8 Å². The van der Waals surface area contributed by atoms with Crippen LogP contribution in [0.2, 0.25) is 0 Å². The Kier molecular flexibility index (Phi) is 6.72. The molecule has 6 heteroatoms. The molecule has 0 unspecified atom stereocenters. The number of aliphatic hydroxyl groups is 1. The second-order valence-electron chi connectivity index (χ2n) is 7.62. The summed E-state index contributed by atoms with van der Waals surface area (Å²) in [7, 11) is 0. The SMILES string of the molecule is O=C(NCCC[C@@H]1CCCC[C@@H]1O)C1CCN(C(=O)c2ccoc2)CC1. The molecule has 2 N–H and O–H groups in total. The van der Waals surface area contributed by atoms with Gasteiger partial charge < -0.3 is 19.7 Å². The number of carbonyl (C=O) groups is 2. The van der Waals surface area contributed by atoms with E-state index in [1.807, 2.05) is 0 Å². The number of hydrogen-bond acceptors (Lipinski definition) is 4. The van der Waals surface area contributed by atoms with E-state index < -0.39 is 0 Å². The van der Waals surface area contributed by atoms with E-state index in [1.54, 1.807) is 11.0 Å². The van der Waals surface area contributed by atoms with Gasteiger partial charge in [0.1, 0.15) is 6.26 Å². The van der Waals surface area contributed by atoms with Crippen molar-refractivity contribution in [3.05, 3.63) is 24.2 Å². The van der Waals surface area contributed by atoms with Gasteiger partial charge >= 0.3 is 0 Å². The average molecular weight is 362 g/mol. The fourth-order valence-corrected chi connectivity index (χ4v) is 4.16. The topological polar surface area (TPSA) is 82.8 Å². The molecule has 1 saturated heterocycles. The van der Waals surface area contributed by atoms with Crippen molar-refractivity contribution in [1.82, 2.24) is 10.2 Å². The predicted octanol–water partition coefficient (Wildman–Crippen LogP) is 2.58. The summed E-state index contributed by atoms with van der Waals surface area (Å²) < 4.78 is 4.96. The summed E-state index contributed by atoms with van der Waals surface area (Å²) in [5, 5.41) is 13.0. The molecule has 6 nitrogen and oxygen atoms in total. The number of nitrogens with one attached hydrogen (secondary N) is 1. The van der Waals surface area contributed by atoms with E-state index in [-0.39, 0.29) is 23.8 Å². The maximum atomic E-state index is 12.3. The lowest BCUT2D eigenvalue weighted by molar-refractivity contribution is -0.126. The van der Waals surface area contributed by atoms with Crippen molar-refractivity contribution in [2.75, 3.05) is 19.6 Å². The van der Waals surface area contributed by atoms with Crippen LogP contribution in [-0.2, 0) is 4.79 Å². The van der Waals surface area contributed by atoms with E-state index in [2.05, 4.69) is 5.32 Å². The Bertz CT molecular complexity index is 579. The molecule has 1 aromatic heterocycles. The number of likely N-dealkylation sites (tertiary alicyclic amines) is 1. The molecular weight excluding hydrogens is 332 g/mol. The highest BCUT2D eigenvalue weighted by Crippen LogP contribution is 2.27. The van der Waals surface area contributed by atoms with Crippen LogP contribution in [-0.4, -0.2) is 47.6 Å². The van der Waals surface area contributed by atoms with Crippen LogP contribution in [0.25, 0.3) is 0 Å². The van der Waals surface area contributed by atoms with Crippen LogP contribution in [0.5, 0.6) is 0 Å². The number of nitrogens with zero attached hydrogens (tertiary/aromatic N) is 1. The monoisotopic (exact) mass is 362 g/mol. The second kappa shape index (κ2) is 9.21. The normalized spacial score (nSPS) is 24.4. The fourth-order valence-electron chi connectivity index (χ4n) is 4.16. The first-order chi connectivity index (χ1) is 12.6. The van der Waals surface area contributed by atoms with Gasteiger partial charge in [-0.2, -0.15) is 0 Å². The number of aliphatic hydroxyl groups excluding tert-OH is 1. The summed E-state index contributed by atoms with van der Waals surface area (Å²) in [6.07, 6.45) is 10.5. The highest BCUT2D eigenvalue weighted by Gasteiger charge is 2.28. The third kappa shape index (κ3) is 4.87. The largest absolute Gasteiger partial charge is 0.472 e. The molecule has 1 aromatic rings. The van der Waals surface area contributed by atoms with E-state index in [1.165, 1.54) is 18.9 Å². The number of furan rings is 1. The molecule has 1 saturated carbocycles. The lowest BCUT2D eigenvalue weighted by Crippen LogP contribution is -2.43. The zero-order valence-electron chi connectivity index (χ0n) is 15.4. The van der Waals surface area contributed by atoms with Gasteiger partial charge in [0.25, 0.3) is 5.91 Å². The fraction of sp³-hybridized carbons (Fsp3) is 0.700. The number of piperidine rings is 1. The summed E-state index contributed by atoms with van der Waals surface area (Å²) in [6.45, 7) is 1.89. The maximum Gasteiger partial charge on any atom is 0.257 e. The smallest absolute Gasteiger partial charge is 0.257 e. The van der Waals surface area contributed by atoms with Crippen molar-refractivity contribution in [1.29, 1.82) is 0 Å². The lowest BCUT2D eigenvalue weighted by atomic mass is 9.83. The van der Waals surface area contributed by atoms with Crippen LogP contribution in [0.4, 0.5) is 0 Å². The standard InChI is InChI=1S/C20H30N2O4/c23-18-6-2-1-4-15(18)5-3-10-21-19(24)16-7-11-22(12-8-16)20(25)17-9-13-26-14-17/h9,13-16,18,23H,1-8,10-12H2,(H,21,24)/t15-,18-/m0/s1. The lowest BCUT2D eigenvalue weighted by Gasteiger charge is -2.31. The molecule has 2 amide bonds. The highest BCUT2D eigenvalue weighted by molar-refractivity contribution is 5.94. The zero-order chi connectivity index (χ0) is 18.4. The Labute approximate surface area is 154 Å². The van der Waals surface area contributed by atoms with Crippen LogP contribution in [0.3, 0.4) is 0 Å². The summed E-state index contributed by atoms with van der Waals surface area (Å²) in [5.41, 5.74) is 0.567. The van der Waals surface area contributed by atoms with Crippen LogP contribution < -0.4 is 5.32 Å². The first-order valence-electron chi connectivity index (χ1n) is 9.92. The molecule has 1 aliphatic carbocycles. The molecule has 0 radical (unpaired) electrons. The molecule has 0 aromatic carbocycles. The third-order valence-electron chi connectivity index (χ3n) is 5.84. The summed E-state index contributed by atoms with van der Waals surface area (Å²) in [6, 6.07) is 1.67. The molecule has 1 aliphatic heterocycles. The minimum absolute atomic E-state index is 0.0105. The van der Waals surface area contributed by atoms with Gasteiger partial charge in [0.05, 0.1) is 17.9 Å². The molecule has 2 fully saturated rings. The van der Waals surface area contributed by atoms with Gasteiger partial charge in [-0.25, -0.2) is 0 Å². The van der Waals surface area contributed by atoms with Gasteiger partial charge in [0.2, 0.25) is 5.91 Å². The van der Waals surface area contributed by atoms with Gasteiger partial charge in [-0.15, -0.1) is 0 Å². The second-order valence-corrected chi connectivity index (χ2v) is 7.62. The molecule has 144 valence electrons. The molecule has 0 spiro atoms. The van der Waals surface area contributed by atoms with Gasteiger partial charge in [0, 0.05) is 25.6 Å². The Morgan fingerprint density at radius 2 is 1.96 bits per heavy atom.